The minimum absolute atomic E-state index is 0.0720. The molecule has 0 heterocycles. The fourth-order valence-electron chi connectivity index (χ4n) is 4.66. The Bertz CT molecular complexity index is 1870. The molecular formula is C39H35N3O4S. The maximum absolute atomic E-state index is 13.6. The van der Waals surface area contributed by atoms with Gasteiger partial charge in [0.2, 0.25) is 5.91 Å². The molecule has 0 saturated heterocycles. The van der Waals surface area contributed by atoms with Crippen molar-refractivity contribution < 1.29 is 19.1 Å². The first-order chi connectivity index (χ1) is 22.8. The quantitative estimate of drug-likeness (QED) is 0.0947. The van der Waals surface area contributed by atoms with Crippen LogP contribution in [0, 0.1) is 13.8 Å². The first-order valence-corrected chi connectivity index (χ1v) is 16.1. The van der Waals surface area contributed by atoms with E-state index in [1.165, 1.54) is 11.8 Å². The Morgan fingerprint density at radius 2 is 1.47 bits per heavy atom. The highest BCUT2D eigenvalue weighted by atomic mass is 32.2. The second kappa shape index (κ2) is 16.1. The number of rotatable bonds is 12. The van der Waals surface area contributed by atoms with Crippen molar-refractivity contribution in [2.75, 3.05) is 16.4 Å². The molecule has 47 heavy (non-hydrogen) atoms. The van der Waals surface area contributed by atoms with Crippen LogP contribution in [0.1, 0.15) is 32.6 Å². The van der Waals surface area contributed by atoms with Gasteiger partial charge in [0, 0.05) is 21.8 Å². The zero-order valence-corrected chi connectivity index (χ0v) is 27.0. The number of ether oxygens (including phenoxy) is 1. The molecule has 5 aromatic carbocycles. The van der Waals surface area contributed by atoms with E-state index in [1.54, 1.807) is 48.5 Å². The number of benzene rings is 5. The molecule has 0 atom stereocenters. The fraction of sp³-hybridized carbons (Fsp3) is 0.103. The highest BCUT2D eigenvalue weighted by Crippen LogP contribution is 2.24. The summed E-state index contributed by atoms with van der Waals surface area (Å²) in [6, 6.07) is 39.0. The van der Waals surface area contributed by atoms with Crippen molar-refractivity contribution in [1.29, 1.82) is 0 Å². The van der Waals surface area contributed by atoms with Crippen LogP contribution in [0.2, 0.25) is 0 Å². The van der Waals surface area contributed by atoms with Gasteiger partial charge >= 0.3 is 0 Å². The topological polar surface area (TPSA) is 96.5 Å². The first kappa shape index (κ1) is 32.8. The molecule has 3 amide bonds. The lowest BCUT2D eigenvalue weighted by Gasteiger charge is -2.13. The molecule has 0 unspecified atom stereocenters. The van der Waals surface area contributed by atoms with E-state index in [4.69, 9.17) is 4.74 Å². The van der Waals surface area contributed by atoms with Crippen LogP contribution in [0.25, 0.3) is 6.08 Å². The van der Waals surface area contributed by atoms with Crippen LogP contribution in [-0.2, 0) is 16.2 Å². The second-order valence-corrected chi connectivity index (χ2v) is 11.9. The smallest absolute Gasteiger partial charge is 0.272 e. The maximum Gasteiger partial charge on any atom is 0.272 e. The molecule has 8 heteroatoms. The monoisotopic (exact) mass is 641 g/mol. The van der Waals surface area contributed by atoms with E-state index in [0.717, 1.165) is 27.3 Å². The second-order valence-electron chi connectivity index (χ2n) is 10.9. The number of carbonyl (C=O) groups excluding carboxylic acids is 3. The van der Waals surface area contributed by atoms with E-state index in [9.17, 15) is 14.4 Å². The van der Waals surface area contributed by atoms with Crippen molar-refractivity contribution in [3.8, 4) is 5.75 Å². The summed E-state index contributed by atoms with van der Waals surface area (Å²) < 4.78 is 5.89. The number of aryl methyl sites for hydroxylation is 2. The summed E-state index contributed by atoms with van der Waals surface area (Å²) in [7, 11) is 0. The SMILES string of the molecule is Cc1ccc(NC(=O)CSc2cccc(NC(=O)/C(=C\c3ccc(OCc4ccccc4)cc3)NC(=O)c3ccccc3)c2)c(C)c1. The Balaban J connectivity index is 1.26. The van der Waals surface area contributed by atoms with Crippen molar-refractivity contribution in [3.05, 3.63) is 161 Å². The minimum atomic E-state index is -0.492. The lowest BCUT2D eigenvalue weighted by Crippen LogP contribution is -2.30. The standard InChI is InChI=1S/C39H35N3O4S/c1-27-16-21-35(28(2)22-27)41-37(43)26-47-34-15-9-14-32(24-34)40-39(45)36(42-38(44)31-12-7-4-8-13-31)23-29-17-19-33(20-18-29)46-25-30-10-5-3-6-11-30/h3-24H,25-26H2,1-2H3,(H,40,45)(H,41,43)(H,42,44)/b36-23+. The molecule has 0 bridgehead atoms. The zero-order valence-electron chi connectivity index (χ0n) is 26.2. The third-order valence-electron chi connectivity index (χ3n) is 7.09. The summed E-state index contributed by atoms with van der Waals surface area (Å²) in [5.41, 5.74) is 5.71. The minimum Gasteiger partial charge on any atom is -0.489 e. The predicted molar refractivity (Wildman–Crippen MR) is 189 cm³/mol. The van der Waals surface area contributed by atoms with Gasteiger partial charge in [-0.1, -0.05) is 84.4 Å². The number of anilines is 2. The van der Waals surface area contributed by atoms with Crippen molar-refractivity contribution >= 4 is 46.9 Å². The van der Waals surface area contributed by atoms with Gasteiger partial charge in [-0.15, -0.1) is 11.8 Å². The average molecular weight is 642 g/mol. The van der Waals surface area contributed by atoms with Gasteiger partial charge < -0.3 is 20.7 Å². The normalized spacial score (nSPS) is 11.0. The fourth-order valence-corrected chi connectivity index (χ4v) is 5.42. The summed E-state index contributed by atoms with van der Waals surface area (Å²) >= 11 is 1.36. The highest BCUT2D eigenvalue weighted by molar-refractivity contribution is 8.00. The molecule has 0 aliphatic rings. The Morgan fingerprint density at radius 3 is 2.19 bits per heavy atom. The van der Waals surface area contributed by atoms with Crippen LogP contribution in [0.4, 0.5) is 11.4 Å². The van der Waals surface area contributed by atoms with Crippen LogP contribution >= 0.6 is 11.8 Å². The van der Waals surface area contributed by atoms with Crippen molar-refractivity contribution in [2.45, 2.75) is 25.3 Å². The summed E-state index contributed by atoms with van der Waals surface area (Å²) in [6.45, 7) is 4.41. The van der Waals surface area contributed by atoms with E-state index < -0.39 is 11.8 Å². The van der Waals surface area contributed by atoms with Gasteiger partial charge in [-0.3, -0.25) is 14.4 Å². The Morgan fingerprint density at radius 1 is 0.745 bits per heavy atom. The molecule has 5 rings (SSSR count). The summed E-state index contributed by atoms with van der Waals surface area (Å²) in [5, 5.41) is 8.62. The van der Waals surface area contributed by atoms with E-state index in [2.05, 4.69) is 16.0 Å². The number of amides is 3. The van der Waals surface area contributed by atoms with Crippen molar-refractivity contribution in [3.63, 3.8) is 0 Å². The average Bonchev–Trinajstić information content (AvgIpc) is 3.09. The molecule has 0 saturated carbocycles. The van der Waals surface area contributed by atoms with Crippen LogP contribution in [0.5, 0.6) is 5.75 Å². The summed E-state index contributed by atoms with van der Waals surface area (Å²) in [4.78, 5) is 40.1. The third kappa shape index (κ3) is 9.94. The molecule has 0 aliphatic carbocycles. The predicted octanol–water partition coefficient (Wildman–Crippen LogP) is 8.02. The zero-order chi connectivity index (χ0) is 33.0. The van der Waals surface area contributed by atoms with Crippen molar-refractivity contribution in [1.82, 2.24) is 5.32 Å². The Labute approximate surface area is 279 Å². The van der Waals surface area contributed by atoms with E-state index in [1.807, 2.05) is 98.8 Å². The van der Waals surface area contributed by atoms with Crippen LogP contribution in [0.15, 0.2) is 138 Å². The van der Waals surface area contributed by atoms with E-state index in [0.29, 0.717) is 29.2 Å². The Kier molecular flexibility index (Phi) is 11.2. The summed E-state index contributed by atoms with van der Waals surface area (Å²) in [6.07, 6.45) is 1.62. The molecule has 7 nitrogen and oxygen atoms in total. The lowest BCUT2D eigenvalue weighted by atomic mass is 10.1. The van der Waals surface area contributed by atoms with Gasteiger partial charge in [-0.25, -0.2) is 0 Å². The third-order valence-corrected chi connectivity index (χ3v) is 8.08. The molecule has 0 fully saturated rings. The largest absolute Gasteiger partial charge is 0.489 e. The number of nitrogens with one attached hydrogen (secondary N) is 3. The number of carbonyl (C=O) groups is 3. The van der Waals surface area contributed by atoms with Gasteiger partial charge in [-0.05, 0) is 85.1 Å². The van der Waals surface area contributed by atoms with Gasteiger partial charge in [0.1, 0.15) is 18.1 Å². The van der Waals surface area contributed by atoms with Crippen molar-refractivity contribution in [2.24, 2.45) is 0 Å². The van der Waals surface area contributed by atoms with Crippen LogP contribution in [-0.4, -0.2) is 23.5 Å². The molecule has 3 N–H and O–H groups in total. The maximum atomic E-state index is 13.6. The van der Waals surface area contributed by atoms with Crippen LogP contribution < -0.4 is 20.7 Å². The lowest BCUT2D eigenvalue weighted by molar-refractivity contribution is -0.114. The molecule has 0 radical (unpaired) electrons. The number of hydrogen-bond donors (Lipinski definition) is 3. The molecular weight excluding hydrogens is 607 g/mol. The van der Waals surface area contributed by atoms with Gasteiger partial charge in [-0.2, -0.15) is 0 Å². The number of thioether (sulfide) groups is 1. The van der Waals surface area contributed by atoms with Gasteiger partial charge in [0.05, 0.1) is 5.75 Å². The Hall–Kier alpha value is -5.60. The highest BCUT2D eigenvalue weighted by Gasteiger charge is 2.16. The van der Waals surface area contributed by atoms with Crippen LogP contribution in [0.3, 0.4) is 0 Å². The number of hydrogen-bond acceptors (Lipinski definition) is 5. The molecule has 5 aromatic rings. The van der Waals surface area contributed by atoms with Gasteiger partial charge in [0.15, 0.2) is 0 Å². The molecule has 236 valence electrons. The van der Waals surface area contributed by atoms with E-state index >= 15 is 0 Å². The van der Waals surface area contributed by atoms with E-state index in [-0.39, 0.29) is 17.4 Å². The molecule has 0 aromatic heterocycles. The van der Waals surface area contributed by atoms with Gasteiger partial charge in [0.25, 0.3) is 11.8 Å². The first-order valence-electron chi connectivity index (χ1n) is 15.1. The molecule has 0 spiro atoms. The molecule has 0 aliphatic heterocycles. The summed E-state index contributed by atoms with van der Waals surface area (Å²) in [5.74, 6) is -0.139.